The van der Waals surface area contributed by atoms with E-state index in [1.807, 2.05) is 101 Å². The Hall–Kier alpha value is -5.16. The van der Waals surface area contributed by atoms with Crippen molar-refractivity contribution >= 4 is 23.4 Å². The summed E-state index contributed by atoms with van der Waals surface area (Å²) < 4.78 is 7.12. The molecule has 2 saturated heterocycles. The standard InChI is InChI=1S/C37H43N7O4/c1-41-25-39-23-30(41)22-32(38)34(45)40-33(21-27-13-15-31(48-2)16-14-27)35(46)42-19-17-37(18-20-42)36(47)43(24-28-9-5-3-6-10-28)26-44(37)29-11-7-4-8-12-29/h3-16,23,25,32-33H,17-22,24,26,38H2,1-2H3,(H,40,45)/t32?,33-/m1/s1. The smallest absolute Gasteiger partial charge is 0.250 e. The molecule has 0 saturated carbocycles. The second kappa shape index (κ2) is 14.3. The summed E-state index contributed by atoms with van der Waals surface area (Å²) in [5, 5.41) is 2.96. The van der Waals surface area contributed by atoms with E-state index >= 15 is 0 Å². The van der Waals surface area contributed by atoms with Crippen LogP contribution in [0.1, 0.15) is 29.7 Å². The van der Waals surface area contributed by atoms with Gasteiger partial charge in [0.15, 0.2) is 0 Å². The van der Waals surface area contributed by atoms with Crippen molar-refractivity contribution < 1.29 is 19.1 Å². The molecule has 1 unspecified atom stereocenters. The zero-order valence-electron chi connectivity index (χ0n) is 27.5. The van der Waals surface area contributed by atoms with Gasteiger partial charge < -0.3 is 35.1 Å². The topological polar surface area (TPSA) is 126 Å². The highest BCUT2D eigenvalue weighted by molar-refractivity contribution is 5.94. The number of carbonyl (C=O) groups is 3. The molecule has 3 aromatic carbocycles. The molecule has 2 aliphatic heterocycles. The van der Waals surface area contributed by atoms with Gasteiger partial charge in [0.2, 0.25) is 17.7 Å². The van der Waals surface area contributed by atoms with E-state index in [2.05, 4.69) is 15.2 Å². The average molecular weight is 650 g/mol. The van der Waals surface area contributed by atoms with Gasteiger partial charge in [-0.1, -0.05) is 60.7 Å². The number of aryl methyl sites for hydroxylation is 1. The first-order chi connectivity index (χ1) is 23.3. The van der Waals surface area contributed by atoms with Crippen LogP contribution in [-0.2, 0) is 40.8 Å². The zero-order chi connectivity index (χ0) is 33.7. The van der Waals surface area contributed by atoms with Crippen LogP contribution in [0.4, 0.5) is 5.69 Å². The summed E-state index contributed by atoms with van der Waals surface area (Å²) in [6.45, 7) is 1.74. The fourth-order valence-corrected chi connectivity index (χ4v) is 6.82. The molecule has 2 aliphatic rings. The predicted molar refractivity (Wildman–Crippen MR) is 183 cm³/mol. The van der Waals surface area contributed by atoms with E-state index in [-0.39, 0.29) is 24.7 Å². The Morgan fingerprint density at radius 3 is 2.23 bits per heavy atom. The van der Waals surface area contributed by atoms with Gasteiger partial charge in [-0.15, -0.1) is 0 Å². The van der Waals surface area contributed by atoms with Gasteiger partial charge in [0.25, 0.3) is 0 Å². The molecular formula is C37H43N7O4. The first-order valence-corrected chi connectivity index (χ1v) is 16.4. The number of piperidine rings is 1. The summed E-state index contributed by atoms with van der Waals surface area (Å²) in [5.74, 6) is 0.177. The van der Waals surface area contributed by atoms with Crippen LogP contribution in [0.5, 0.6) is 5.75 Å². The lowest BCUT2D eigenvalue weighted by Gasteiger charge is -2.44. The van der Waals surface area contributed by atoms with Crippen molar-refractivity contribution in [1.29, 1.82) is 0 Å². The van der Waals surface area contributed by atoms with E-state index in [0.717, 1.165) is 22.5 Å². The maximum Gasteiger partial charge on any atom is 0.250 e. The number of likely N-dealkylation sites (tertiary alicyclic amines) is 1. The highest BCUT2D eigenvalue weighted by Gasteiger charge is 2.54. The Labute approximate surface area is 281 Å². The molecule has 2 atom stereocenters. The van der Waals surface area contributed by atoms with Gasteiger partial charge >= 0.3 is 0 Å². The number of hydrogen-bond acceptors (Lipinski definition) is 7. The third-order valence-corrected chi connectivity index (χ3v) is 9.60. The molecule has 0 aliphatic carbocycles. The van der Waals surface area contributed by atoms with Gasteiger partial charge in [-0.05, 0) is 48.2 Å². The Morgan fingerprint density at radius 2 is 1.60 bits per heavy atom. The number of rotatable bonds is 11. The molecule has 3 N–H and O–H groups in total. The van der Waals surface area contributed by atoms with Crippen molar-refractivity contribution in [2.75, 3.05) is 31.8 Å². The van der Waals surface area contributed by atoms with E-state index in [4.69, 9.17) is 10.5 Å². The van der Waals surface area contributed by atoms with Gasteiger partial charge in [-0.3, -0.25) is 14.4 Å². The maximum atomic E-state index is 14.2. The van der Waals surface area contributed by atoms with Gasteiger partial charge in [-0.25, -0.2) is 4.98 Å². The van der Waals surface area contributed by atoms with Crippen LogP contribution in [0.3, 0.4) is 0 Å². The molecule has 11 nitrogen and oxygen atoms in total. The molecule has 11 heteroatoms. The van der Waals surface area contributed by atoms with Crippen LogP contribution in [0.25, 0.3) is 0 Å². The minimum atomic E-state index is -0.859. The normalized spacial score (nSPS) is 17.0. The van der Waals surface area contributed by atoms with Gasteiger partial charge in [0.05, 0.1) is 26.1 Å². The number of anilines is 1. The summed E-state index contributed by atoms with van der Waals surface area (Å²) in [6, 6.07) is 25.8. The summed E-state index contributed by atoms with van der Waals surface area (Å²) in [5.41, 5.74) is 9.30. The number of para-hydroxylation sites is 1. The minimum Gasteiger partial charge on any atom is -0.497 e. The Balaban J connectivity index is 1.20. The molecule has 1 aromatic heterocycles. The van der Waals surface area contributed by atoms with Crippen LogP contribution < -0.4 is 20.7 Å². The Bertz CT molecular complexity index is 1700. The van der Waals surface area contributed by atoms with E-state index in [1.165, 1.54) is 0 Å². The third kappa shape index (κ3) is 6.91. The number of hydrogen-bond donors (Lipinski definition) is 2. The molecule has 3 heterocycles. The lowest BCUT2D eigenvalue weighted by atomic mass is 9.85. The lowest BCUT2D eigenvalue weighted by molar-refractivity contribution is -0.141. The molecule has 2 fully saturated rings. The van der Waals surface area contributed by atoms with Crippen molar-refractivity contribution in [3.05, 3.63) is 114 Å². The van der Waals surface area contributed by atoms with Crippen LogP contribution in [0, 0.1) is 0 Å². The highest BCUT2D eigenvalue weighted by atomic mass is 16.5. The lowest BCUT2D eigenvalue weighted by Crippen LogP contribution is -2.60. The first kappa shape index (κ1) is 32.8. The van der Waals surface area contributed by atoms with Gasteiger partial charge in [0.1, 0.15) is 17.3 Å². The number of carbonyl (C=O) groups excluding carboxylic acids is 3. The first-order valence-electron chi connectivity index (χ1n) is 16.4. The fourth-order valence-electron chi connectivity index (χ4n) is 6.82. The summed E-state index contributed by atoms with van der Waals surface area (Å²) in [7, 11) is 3.45. The van der Waals surface area contributed by atoms with Crippen molar-refractivity contribution in [2.24, 2.45) is 12.8 Å². The number of nitrogens with one attached hydrogen (secondary N) is 1. The maximum absolute atomic E-state index is 14.2. The number of methoxy groups -OCH3 is 1. The molecule has 48 heavy (non-hydrogen) atoms. The van der Waals surface area contributed by atoms with Crippen LogP contribution in [0.15, 0.2) is 97.5 Å². The summed E-state index contributed by atoms with van der Waals surface area (Å²) in [6.07, 6.45) is 4.86. The van der Waals surface area contributed by atoms with Crippen molar-refractivity contribution in [1.82, 2.24) is 24.7 Å². The molecule has 0 bridgehead atoms. The molecule has 1 spiro atoms. The molecule has 4 aromatic rings. The number of aromatic nitrogens is 2. The van der Waals surface area contributed by atoms with E-state index in [1.54, 1.807) is 24.5 Å². The Kier molecular flexibility index (Phi) is 9.77. The molecule has 250 valence electrons. The van der Waals surface area contributed by atoms with Crippen molar-refractivity contribution in [3.8, 4) is 5.75 Å². The molecule has 0 radical (unpaired) electrons. The van der Waals surface area contributed by atoms with E-state index in [9.17, 15) is 14.4 Å². The second-order valence-corrected chi connectivity index (χ2v) is 12.7. The number of benzene rings is 3. The summed E-state index contributed by atoms with van der Waals surface area (Å²) in [4.78, 5) is 51.9. The van der Waals surface area contributed by atoms with E-state index in [0.29, 0.717) is 44.9 Å². The fraction of sp³-hybridized carbons (Fsp3) is 0.351. The largest absolute Gasteiger partial charge is 0.497 e. The average Bonchev–Trinajstić information content (AvgIpc) is 3.64. The monoisotopic (exact) mass is 649 g/mol. The molecular weight excluding hydrogens is 606 g/mol. The molecule has 3 amide bonds. The number of nitrogens with two attached hydrogens (primary N) is 1. The van der Waals surface area contributed by atoms with Gasteiger partial charge in [0, 0.05) is 57.1 Å². The predicted octanol–water partition coefficient (Wildman–Crippen LogP) is 2.89. The van der Waals surface area contributed by atoms with Crippen LogP contribution in [-0.4, -0.2) is 81.6 Å². The number of amides is 3. The zero-order valence-corrected chi connectivity index (χ0v) is 27.5. The number of ether oxygens (including phenoxy) is 1. The second-order valence-electron chi connectivity index (χ2n) is 12.7. The number of imidazole rings is 1. The quantitative estimate of drug-likeness (QED) is 0.256. The SMILES string of the molecule is COc1ccc(C[C@@H](NC(=O)C(N)Cc2cncn2C)C(=O)N2CCC3(CC2)C(=O)N(Cc2ccccc2)CN3c2ccccc2)cc1. The third-order valence-electron chi connectivity index (χ3n) is 9.60. The van der Waals surface area contributed by atoms with Crippen molar-refractivity contribution in [3.63, 3.8) is 0 Å². The summed E-state index contributed by atoms with van der Waals surface area (Å²) >= 11 is 0. The minimum absolute atomic E-state index is 0.0755. The van der Waals surface area contributed by atoms with Crippen LogP contribution >= 0.6 is 0 Å². The van der Waals surface area contributed by atoms with Gasteiger partial charge in [-0.2, -0.15) is 0 Å². The molecule has 6 rings (SSSR count). The van der Waals surface area contributed by atoms with Crippen LogP contribution in [0.2, 0.25) is 0 Å². The van der Waals surface area contributed by atoms with E-state index < -0.39 is 23.5 Å². The number of nitrogens with zero attached hydrogens (tertiary/aromatic N) is 5. The Morgan fingerprint density at radius 1 is 0.938 bits per heavy atom. The highest BCUT2D eigenvalue weighted by Crippen LogP contribution is 2.40. The van der Waals surface area contributed by atoms with Crippen molar-refractivity contribution in [2.45, 2.75) is 49.9 Å².